The van der Waals surface area contributed by atoms with Crippen LogP contribution in [-0.4, -0.2) is 36.1 Å². The third kappa shape index (κ3) is 5.31. The quantitative estimate of drug-likeness (QED) is 0.378. The SMILES string of the molecule is C#CCOC[C@@H](O)CO. The summed E-state index contributed by atoms with van der Waals surface area (Å²) >= 11 is 0. The Bertz CT molecular complexity index is 95.0. The van der Waals surface area contributed by atoms with Crippen LogP contribution in [0.5, 0.6) is 0 Å². The molecule has 0 spiro atoms. The average Bonchev–Trinajstić information content (AvgIpc) is 1.89. The second kappa shape index (κ2) is 5.57. The second-order valence-corrected chi connectivity index (χ2v) is 1.56. The van der Waals surface area contributed by atoms with Crippen molar-refractivity contribution in [1.82, 2.24) is 0 Å². The van der Waals surface area contributed by atoms with Crippen molar-refractivity contribution < 1.29 is 14.9 Å². The van der Waals surface area contributed by atoms with E-state index < -0.39 is 6.10 Å². The molecule has 0 unspecified atom stereocenters. The molecule has 0 aromatic rings. The maximum Gasteiger partial charge on any atom is 0.107 e. The first-order valence-corrected chi connectivity index (χ1v) is 2.61. The molecular weight excluding hydrogens is 120 g/mol. The summed E-state index contributed by atoms with van der Waals surface area (Å²) in [4.78, 5) is 0. The molecule has 0 aliphatic rings. The Morgan fingerprint density at radius 2 is 2.33 bits per heavy atom. The lowest BCUT2D eigenvalue weighted by atomic mass is 10.4. The molecule has 0 saturated carbocycles. The summed E-state index contributed by atoms with van der Waals surface area (Å²) in [5.41, 5.74) is 0. The predicted octanol–water partition coefficient (Wildman–Crippen LogP) is -1.01. The van der Waals surface area contributed by atoms with Crippen LogP contribution in [0.25, 0.3) is 0 Å². The van der Waals surface area contributed by atoms with E-state index >= 15 is 0 Å². The normalized spacial score (nSPS) is 12.6. The monoisotopic (exact) mass is 130 g/mol. The van der Waals surface area contributed by atoms with Crippen LogP contribution in [0.3, 0.4) is 0 Å². The number of terminal acetylenes is 1. The van der Waals surface area contributed by atoms with Gasteiger partial charge in [0.25, 0.3) is 0 Å². The van der Waals surface area contributed by atoms with E-state index in [-0.39, 0.29) is 19.8 Å². The molecule has 0 aromatic carbocycles. The Labute approximate surface area is 54.3 Å². The smallest absolute Gasteiger partial charge is 0.107 e. The van der Waals surface area contributed by atoms with E-state index in [1.807, 2.05) is 0 Å². The van der Waals surface area contributed by atoms with E-state index in [1.54, 1.807) is 0 Å². The van der Waals surface area contributed by atoms with E-state index in [0.29, 0.717) is 0 Å². The molecule has 0 heterocycles. The molecule has 0 aromatic heterocycles. The average molecular weight is 130 g/mol. The maximum absolute atomic E-state index is 8.64. The molecule has 9 heavy (non-hydrogen) atoms. The predicted molar refractivity (Wildman–Crippen MR) is 32.7 cm³/mol. The largest absolute Gasteiger partial charge is 0.394 e. The summed E-state index contributed by atoms with van der Waals surface area (Å²) in [6, 6.07) is 0. The fraction of sp³-hybridized carbons (Fsp3) is 0.667. The maximum atomic E-state index is 8.64. The minimum absolute atomic E-state index is 0.0979. The first-order valence-electron chi connectivity index (χ1n) is 2.61. The Morgan fingerprint density at radius 1 is 1.67 bits per heavy atom. The van der Waals surface area contributed by atoms with Crippen LogP contribution in [0.2, 0.25) is 0 Å². The van der Waals surface area contributed by atoms with E-state index in [9.17, 15) is 0 Å². The van der Waals surface area contributed by atoms with Crippen LogP contribution in [0.1, 0.15) is 0 Å². The van der Waals surface area contributed by atoms with Gasteiger partial charge in [-0.3, -0.25) is 0 Å². The molecule has 3 heteroatoms. The Morgan fingerprint density at radius 3 is 2.78 bits per heavy atom. The van der Waals surface area contributed by atoms with Gasteiger partial charge in [0.2, 0.25) is 0 Å². The lowest BCUT2D eigenvalue weighted by Crippen LogP contribution is -2.19. The van der Waals surface area contributed by atoms with Crippen molar-refractivity contribution in [3.05, 3.63) is 0 Å². The van der Waals surface area contributed by atoms with E-state index in [1.165, 1.54) is 0 Å². The lowest BCUT2D eigenvalue weighted by Gasteiger charge is -2.04. The van der Waals surface area contributed by atoms with Gasteiger partial charge in [-0.1, -0.05) is 5.92 Å². The molecule has 0 amide bonds. The topological polar surface area (TPSA) is 49.7 Å². The van der Waals surface area contributed by atoms with Gasteiger partial charge in [0.05, 0.1) is 13.2 Å². The van der Waals surface area contributed by atoms with Crippen molar-refractivity contribution >= 4 is 0 Å². The molecule has 52 valence electrons. The molecule has 0 aliphatic carbocycles. The Hall–Kier alpha value is -0.560. The van der Waals surface area contributed by atoms with Gasteiger partial charge in [-0.15, -0.1) is 6.42 Å². The number of ether oxygens (including phenoxy) is 1. The van der Waals surface area contributed by atoms with Crippen LogP contribution in [0.4, 0.5) is 0 Å². The standard InChI is InChI=1S/C6H10O3/c1-2-3-9-5-6(8)4-7/h1,6-8H,3-5H2/t6-/m0/s1. The molecular formula is C6H10O3. The summed E-state index contributed by atoms with van der Waals surface area (Å²) in [6.07, 6.45) is 4.03. The highest BCUT2D eigenvalue weighted by Gasteiger charge is 1.98. The van der Waals surface area contributed by atoms with Gasteiger partial charge in [-0.05, 0) is 0 Å². The summed E-state index contributed by atoms with van der Waals surface area (Å²) in [5, 5.41) is 16.9. The third-order valence-corrected chi connectivity index (χ3v) is 0.706. The Balaban J connectivity index is 2.99. The van der Waals surface area contributed by atoms with E-state index in [2.05, 4.69) is 10.7 Å². The molecule has 3 nitrogen and oxygen atoms in total. The highest BCUT2D eigenvalue weighted by atomic mass is 16.5. The molecule has 0 bridgehead atoms. The molecule has 1 atom stereocenters. The van der Waals surface area contributed by atoms with Crippen LogP contribution in [0, 0.1) is 12.3 Å². The molecule has 0 rings (SSSR count). The zero-order valence-corrected chi connectivity index (χ0v) is 5.08. The fourth-order valence-corrected chi connectivity index (χ4v) is 0.307. The van der Waals surface area contributed by atoms with Gasteiger partial charge in [0.15, 0.2) is 0 Å². The summed E-state index contributed by atoms with van der Waals surface area (Å²) < 4.78 is 4.69. The van der Waals surface area contributed by atoms with Crippen molar-refractivity contribution in [2.45, 2.75) is 6.10 Å². The minimum atomic E-state index is -0.807. The molecule has 0 fully saturated rings. The van der Waals surface area contributed by atoms with Crippen LogP contribution < -0.4 is 0 Å². The van der Waals surface area contributed by atoms with E-state index in [4.69, 9.17) is 16.6 Å². The van der Waals surface area contributed by atoms with Gasteiger partial charge < -0.3 is 14.9 Å². The zero-order chi connectivity index (χ0) is 7.11. The van der Waals surface area contributed by atoms with Crippen molar-refractivity contribution in [3.63, 3.8) is 0 Å². The number of aliphatic hydroxyl groups excluding tert-OH is 2. The van der Waals surface area contributed by atoms with Crippen LogP contribution >= 0.6 is 0 Å². The lowest BCUT2D eigenvalue weighted by molar-refractivity contribution is 0.0164. The van der Waals surface area contributed by atoms with Gasteiger partial charge in [0, 0.05) is 0 Å². The molecule has 2 N–H and O–H groups in total. The summed E-state index contributed by atoms with van der Waals surface area (Å²) in [6.45, 7) is -0.0116. The summed E-state index contributed by atoms with van der Waals surface area (Å²) in [5.74, 6) is 2.23. The third-order valence-electron chi connectivity index (χ3n) is 0.706. The van der Waals surface area contributed by atoms with Crippen molar-refractivity contribution in [2.75, 3.05) is 19.8 Å². The number of rotatable bonds is 4. The Kier molecular flexibility index (Phi) is 5.23. The highest BCUT2D eigenvalue weighted by molar-refractivity contribution is 4.82. The van der Waals surface area contributed by atoms with Crippen molar-refractivity contribution in [1.29, 1.82) is 0 Å². The minimum Gasteiger partial charge on any atom is -0.394 e. The number of hydrogen-bond donors (Lipinski definition) is 2. The van der Waals surface area contributed by atoms with Crippen LogP contribution in [0.15, 0.2) is 0 Å². The number of aliphatic hydroxyl groups is 2. The van der Waals surface area contributed by atoms with Gasteiger partial charge in [-0.2, -0.15) is 0 Å². The van der Waals surface area contributed by atoms with Crippen molar-refractivity contribution in [3.8, 4) is 12.3 Å². The first kappa shape index (κ1) is 8.44. The van der Waals surface area contributed by atoms with Gasteiger partial charge in [-0.25, -0.2) is 0 Å². The summed E-state index contributed by atoms with van der Waals surface area (Å²) in [7, 11) is 0. The fourth-order valence-electron chi connectivity index (χ4n) is 0.307. The molecule has 0 saturated heterocycles. The zero-order valence-electron chi connectivity index (χ0n) is 5.08. The van der Waals surface area contributed by atoms with Gasteiger partial charge >= 0.3 is 0 Å². The van der Waals surface area contributed by atoms with Gasteiger partial charge in [0.1, 0.15) is 12.7 Å². The first-order chi connectivity index (χ1) is 4.31. The highest BCUT2D eigenvalue weighted by Crippen LogP contribution is 1.81. The molecule has 0 radical (unpaired) electrons. The molecule has 0 aliphatic heterocycles. The van der Waals surface area contributed by atoms with Crippen molar-refractivity contribution in [2.24, 2.45) is 0 Å². The number of hydrogen-bond acceptors (Lipinski definition) is 3. The van der Waals surface area contributed by atoms with Crippen LogP contribution in [-0.2, 0) is 4.74 Å². The van der Waals surface area contributed by atoms with E-state index in [0.717, 1.165) is 0 Å². The second-order valence-electron chi connectivity index (χ2n) is 1.56.